The van der Waals surface area contributed by atoms with Gasteiger partial charge in [0.15, 0.2) is 0 Å². The van der Waals surface area contributed by atoms with Crippen molar-refractivity contribution >= 4 is 12.4 Å². The van der Waals surface area contributed by atoms with Gasteiger partial charge in [-0.25, -0.2) is 4.79 Å². The van der Waals surface area contributed by atoms with Crippen LogP contribution in [0.1, 0.15) is 17.5 Å². The Hall–Kier alpha value is -1.84. The number of hydroxylamine groups is 1. The Morgan fingerprint density at radius 3 is 2.56 bits per heavy atom. The first-order chi connectivity index (χ1) is 7.79. The summed E-state index contributed by atoms with van der Waals surface area (Å²) >= 11 is 0. The SMILES string of the molecule is O=CNOC(=O)CC1Cc2ccccc2C1. The lowest BCUT2D eigenvalue weighted by molar-refractivity contribution is -0.155. The molecule has 0 bridgehead atoms. The molecule has 0 radical (unpaired) electrons. The highest BCUT2D eigenvalue weighted by atomic mass is 16.7. The van der Waals surface area contributed by atoms with E-state index in [1.807, 2.05) is 17.6 Å². The highest BCUT2D eigenvalue weighted by Gasteiger charge is 2.23. The molecule has 1 aromatic carbocycles. The Bertz CT molecular complexity index is 378. The number of hydrogen-bond acceptors (Lipinski definition) is 3. The molecule has 0 saturated carbocycles. The van der Waals surface area contributed by atoms with Gasteiger partial charge in [0.05, 0.1) is 6.42 Å². The van der Waals surface area contributed by atoms with Crippen molar-refractivity contribution in [2.75, 3.05) is 0 Å². The van der Waals surface area contributed by atoms with Crippen LogP contribution in [0.15, 0.2) is 24.3 Å². The van der Waals surface area contributed by atoms with E-state index < -0.39 is 0 Å². The van der Waals surface area contributed by atoms with E-state index in [0.717, 1.165) is 12.8 Å². The van der Waals surface area contributed by atoms with Gasteiger partial charge in [-0.1, -0.05) is 24.3 Å². The standard InChI is InChI=1S/C12H13NO3/c14-8-13-16-12(15)7-9-5-10-3-1-2-4-11(10)6-9/h1-4,8-9H,5-7H2,(H,13,14). The summed E-state index contributed by atoms with van der Waals surface area (Å²) in [6, 6.07) is 8.19. The van der Waals surface area contributed by atoms with Crippen molar-refractivity contribution in [1.29, 1.82) is 0 Å². The van der Waals surface area contributed by atoms with Crippen molar-refractivity contribution in [3.05, 3.63) is 35.4 Å². The molecular formula is C12H13NO3. The normalized spacial score (nSPS) is 14.2. The Balaban J connectivity index is 1.87. The summed E-state index contributed by atoms with van der Waals surface area (Å²) in [5.74, 6) is -0.0942. The predicted molar refractivity (Wildman–Crippen MR) is 57.2 cm³/mol. The summed E-state index contributed by atoms with van der Waals surface area (Å²) < 4.78 is 0. The number of nitrogens with one attached hydrogen (secondary N) is 1. The predicted octanol–water partition coefficient (Wildman–Crippen LogP) is 0.996. The van der Waals surface area contributed by atoms with E-state index in [9.17, 15) is 9.59 Å². The maximum Gasteiger partial charge on any atom is 0.332 e. The van der Waals surface area contributed by atoms with E-state index in [0.29, 0.717) is 18.7 Å². The van der Waals surface area contributed by atoms with Gasteiger partial charge >= 0.3 is 5.97 Å². The van der Waals surface area contributed by atoms with Crippen LogP contribution in [0.5, 0.6) is 0 Å². The van der Waals surface area contributed by atoms with Crippen molar-refractivity contribution in [2.24, 2.45) is 5.92 Å². The van der Waals surface area contributed by atoms with Crippen LogP contribution in [0.3, 0.4) is 0 Å². The maximum atomic E-state index is 11.3. The van der Waals surface area contributed by atoms with Crippen LogP contribution in [0.2, 0.25) is 0 Å². The minimum absolute atomic E-state index is 0.290. The average Bonchev–Trinajstić information content (AvgIpc) is 2.68. The highest BCUT2D eigenvalue weighted by molar-refractivity contribution is 5.70. The van der Waals surface area contributed by atoms with Crippen LogP contribution in [-0.4, -0.2) is 12.4 Å². The number of carbonyl (C=O) groups excluding carboxylic acids is 2. The zero-order valence-corrected chi connectivity index (χ0v) is 8.81. The van der Waals surface area contributed by atoms with Gasteiger partial charge in [0, 0.05) is 0 Å². The number of fused-ring (bicyclic) bond motifs is 1. The Morgan fingerprint density at radius 2 is 2.00 bits per heavy atom. The summed E-state index contributed by atoms with van der Waals surface area (Å²) in [6.45, 7) is 0. The molecule has 16 heavy (non-hydrogen) atoms. The molecule has 0 heterocycles. The maximum absolute atomic E-state index is 11.3. The van der Waals surface area contributed by atoms with E-state index in [4.69, 9.17) is 0 Å². The molecule has 1 N–H and O–H groups in total. The molecule has 0 unspecified atom stereocenters. The van der Waals surface area contributed by atoms with Crippen LogP contribution < -0.4 is 5.48 Å². The van der Waals surface area contributed by atoms with Gasteiger partial charge in [-0.3, -0.25) is 4.79 Å². The lowest BCUT2D eigenvalue weighted by atomic mass is 10.0. The molecule has 0 fully saturated rings. The van der Waals surface area contributed by atoms with Crippen molar-refractivity contribution in [2.45, 2.75) is 19.3 Å². The monoisotopic (exact) mass is 219 g/mol. The van der Waals surface area contributed by atoms with Gasteiger partial charge < -0.3 is 4.84 Å². The van der Waals surface area contributed by atoms with Crippen LogP contribution in [0.4, 0.5) is 0 Å². The molecule has 1 aromatic rings. The number of rotatable bonds is 4. The third-order valence-electron chi connectivity index (χ3n) is 2.81. The zero-order chi connectivity index (χ0) is 11.4. The first-order valence-electron chi connectivity index (χ1n) is 5.25. The van der Waals surface area contributed by atoms with E-state index in [-0.39, 0.29) is 5.97 Å². The van der Waals surface area contributed by atoms with E-state index in [1.165, 1.54) is 11.1 Å². The third-order valence-corrected chi connectivity index (χ3v) is 2.81. The number of amides is 1. The molecule has 4 nitrogen and oxygen atoms in total. The fraction of sp³-hybridized carbons (Fsp3) is 0.333. The van der Waals surface area contributed by atoms with Crippen molar-refractivity contribution in [3.8, 4) is 0 Å². The smallest absolute Gasteiger partial charge is 0.332 e. The minimum Gasteiger partial charge on any atom is -0.341 e. The van der Waals surface area contributed by atoms with E-state index >= 15 is 0 Å². The van der Waals surface area contributed by atoms with Gasteiger partial charge in [0.1, 0.15) is 0 Å². The fourth-order valence-corrected chi connectivity index (χ4v) is 2.16. The second-order valence-electron chi connectivity index (χ2n) is 3.96. The highest BCUT2D eigenvalue weighted by Crippen LogP contribution is 2.28. The van der Waals surface area contributed by atoms with Crippen LogP contribution in [-0.2, 0) is 27.3 Å². The molecule has 1 amide bonds. The summed E-state index contributed by atoms with van der Waals surface area (Å²) in [6.07, 6.45) is 2.51. The third kappa shape index (κ3) is 2.39. The molecule has 0 atom stereocenters. The summed E-state index contributed by atoms with van der Waals surface area (Å²) in [5, 5.41) is 0. The Kier molecular flexibility index (Phi) is 3.19. The van der Waals surface area contributed by atoms with Gasteiger partial charge in [-0.2, -0.15) is 5.48 Å². The van der Waals surface area contributed by atoms with Crippen molar-refractivity contribution < 1.29 is 14.4 Å². The van der Waals surface area contributed by atoms with Gasteiger partial charge in [-0.05, 0) is 29.9 Å². The van der Waals surface area contributed by atoms with E-state index in [1.54, 1.807) is 0 Å². The molecule has 2 rings (SSSR count). The lowest BCUT2D eigenvalue weighted by Crippen LogP contribution is -2.20. The average molecular weight is 219 g/mol. The Labute approximate surface area is 93.6 Å². The van der Waals surface area contributed by atoms with Crippen molar-refractivity contribution in [1.82, 2.24) is 5.48 Å². The summed E-state index contributed by atoms with van der Waals surface area (Å²) in [4.78, 5) is 25.7. The summed E-state index contributed by atoms with van der Waals surface area (Å²) in [7, 11) is 0. The van der Waals surface area contributed by atoms with Gasteiger partial charge in [0.2, 0.25) is 6.41 Å². The molecule has 84 valence electrons. The van der Waals surface area contributed by atoms with Gasteiger partial charge in [-0.15, -0.1) is 0 Å². The second-order valence-corrected chi connectivity index (χ2v) is 3.96. The largest absolute Gasteiger partial charge is 0.341 e. The number of hydrogen-bond donors (Lipinski definition) is 1. The van der Waals surface area contributed by atoms with Crippen molar-refractivity contribution in [3.63, 3.8) is 0 Å². The molecule has 1 aliphatic rings. The quantitative estimate of drug-likeness (QED) is 0.607. The second kappa shape index (κ2) is 4.79. The molecule has 1 aliphatic carbocycles. The van der Waals surface area contributed by atoms with Crippen LogP contribution in [0.25, 0.3) is 0 Å². The molecule has 4 heteroatoms. The van der Waals surface area contributed by atoms with Crippen LogP contribution >= 0.6 is 0 Å². The molecule has 0 aromatic heterocycles. The minimum atomic E-state index is -0.384. The molecule has 0 spiro atoms. The zero-order valence-electron chi connectivity index (χ0n) is 8.81. The van der Waals surface area contributed by atoms with Crippen LogP contribution in [0, 0.1) is 5.92 Å². The topological polar surface area (TPSA) is 55.4 Å². The first-order valence-corrected chi connectivity index (χ1v) is 5.25. The first kappa shape index (κ1) is 10.7. The number of benzene rings is 1. The molecule has 0 aliphatic heterocycles. The number of carbonyl (C=O) groups is 2. The molecular weight excluding hydrogens is 206 g/mol. The Morgan fingerprint density at radius 1 is 1.38 bits per heavy atom. The molecule has 0 saturated heterocycles. The fourth-order valence-electron chi connectivity index (χ4n) is 2.16. The lowest BCUT2D eigenvalue weighted by Gasteiger charge is -2.06. The van der Waals surface area contributed by atoms with E-state index in [2.05, 4.69) is 17.0 Å². The summed E-state index contributed by atoms with van der Waals surface area (Å²) in [5.41, 5.74) is 4.53. The van der Waals surface area contributed by atoms with Gasteiger partial charge in [0.25, 0.3) is 0 Å².